The van der Waals surface area contributed by atoms with Gasteiger partial charge in [0.05, 0.1) is 23.5 Å². The number of hydrogen-bond donors (Lipinski definition) is 1. The normalized spacial score (nSPS) is 25.6. The molecule has 7 heteroatoms. The van der Waals surface area contributed by atoms with Crippen molar-refractivity contribution in [3.05, 3.63) is 11.7 Å². The molecule has 0 saturated carbocycles. The van der Waals surface area contributed by atoms with Crippen molar-refractivity contribution < 1.29 is 18.0 Å². The van der Waals surface area contributed by atoms with E-state index in [0.717, 1.165) is 6.42 Å². The summed E-state index contributed by atoms with van der Waals surface area (Å²) >= 11 is 0. The Morgan fingerprint density at radius 2 is 2.35 bits per heavy atom. The number of aliphatic hydroxyl groups excluding tert-OH is 1. The van der Waals surface area contributed by atoms with Crippen LogP contribution in [0, 0.1) is 0 Å². The largest absolute Gasteiger partial charge is 0.393 e. The summed E-state index contributed by atoms with van der Waals surface area (Å²) in [5, 5.41) is 12.9. The van der Waals surface area contributed by atoms with E-state index in [1.54, 1.807) is 6.92 Å². The second-order valence-electron chi connectivity index (χ2n) is 4.56. The Bertz CT molecular complexity index is 480. The van der Waals surface area contributed by atoms with Gasteiger partial charge in [-0.05, 0) is 19.8 Å². The van der Waals surface area contributed by atoms with Gasteiger partial charge in [-0.25, -0.2) is 8.42 Å². The fraction of sp³-hybridized carbons (Fsp3) is 0.800. The Morgan fingerprint density at radius 1 is 1.59 bits per heavy atom. The Kier molecular flexibility index (Phi) is 3.48. The number of nitrogens with zero attached hydrogens (tertiary/aromatic N) is 2. The van der Waals surface area contributed by atoms with E-state index in [0.29, 0.717) is 24.6 Å². The first-order valence-electron chi connectivity index (χ1n) is 5.67. The zero-order valence-corrected chi connectivity index (χ0v) is 10.5. The van der Waals surface area contributed by atoms with Crippen molar-refractivity contribution in [1.82, 2.24) is 10.1 Å². The second-order valence-corrected chi connectivity index (χ2v) is 6.78. The van der Waals surface area contributed by atoms with Crippen LogP contribution in [-0.4, -0.2) is 41.3 Å². The lowest BCUT2D eigenvalue weighted by atomic mass is 10.1. The van der Waals surface area contributed by atoms with Gasteiger partial charge in [0.2, 0.25) is 5.89 Å². The number of rotatable bonds is 3. The number of aliphatic hydroxyl groups is 1. The maximum Gasteiger partial charge on any atom is 0.230 e. The van der Waals surface area contributed by atoms with E-state index >= 15 is 0 Å². The van der Waals surface area contributed by atoms with Crippen LogP contribution in [0.1, 0.15) is 37.4 Å². The van der Waals surface area contributed by atoms with Crippen molar-refractivity contribution in [3.63, 3.8) is 0 Å². The van der Waals surface area contributed by atoms with Crippen LogP contribution in [0.15, 0.2) is 4.52 Å². The molecule has 2 heterocycles. The van der Waals surface area contributed by atoms with E-state index in [4.69, 9.17) is 4.52 Å². The van der Waals surface area contributed by atoms with Gasteiger partial charge in [0, 0.05) is 6.42 Å². The van der Waals surface area contributed by atoms with Crippen LogP contribution in [-0.2, 0) is 16.3 Å². The lowest BCUT2D eigenvalue weighted by Gasteiger charge is -2.17. The second kappa shape index (κ2) is 4.73. The predicted molar refractivity (Wildman–Crippen MR) is 60.3 cm³/mol. The highest BCUT2D eigenvalue weighted by Crippen LogP contribution is 2.27. The minimum Gasteiger partial charge on any atom is -0.393 e. The SMILES string of the molecule is CC(O)Cc1noc(C2CCCS(=O)(=O)C2)n1. The van der Waals surface area contributed by atoms with Crippen molar-refractivity contribution in [3.8, 4) is 0 Å². The molecule has 0 radical (unpaired) electrons. The molecular weight excluding hydrogens is 244 g/mol. The monoisotopic (exact) mass is 260 g/mol. The molecule has 1 saturated heterocycles. The molecule has 0 amide bonds. The van der Waals surface area contributed by atoms with Gasteiger partial charge in [-0.1, -0.05) is 5.16 Å². The topological polar surface area (TPSA) is 93.3 Å². The summed E-state index contributed by atoms with van der Waals surface area (Å²) in [5.41, 5.74) is 0. The third-order valence-electron chi connectivity index (χ3n) is 2.77. The van der Waals surface area contributed by atoms with Crippen molar-refractivity contribution in [1.29, 1.82) is 0 Å². The van der Waals surface area contributed by atoms with Gasteiger partial charge < -0.3 is 9.63 Å². The first-order valence-corrected chi connectivity index (χ1v) is 7.49. The quantitative estimate of drug-likeness (QED) is 0.839. The van der Waals surface area contributed by atoms with E-state index in [1.807, 2.05) is 0 Å². The van der Waals surface area contributed by atoms with Gasteiger partial charge in [-0.2, -0.15) is 4.98 Å². The zero-order valence-electron chi connectivity index (χ0n) is 9.66. The molecule has 1 aliphatic rings. The minimum atomic E-state index is -2.97. The first kappa shape index (κ1) is 12.5. The lowest BCUT2D eigenvalue weighted by Crippen LogP contribution is -2.23. The summed E-state index contributed by atoms with van der Waals surface area (Å²) in [6, 6.07) is 0. The van der Waals surface area contributed by atoms with Gasteiger partial charge in [0.15, 0.2) is 15.7 Å². The van der Waals surface area contributed by atoms with E-state index < -0.39 is 15.9 Å². The maximum absolute atomic E-state index is 11.5. The van der Waals surface area contributed by atoms with Crippen LogP contribution in [0.5, 0.6) is 0 Å². The van der Waals surface area contributed by atoms with Gasteiger partial charge in [-0.3, -0.25) is 0 Å². The zero-order chi connectivity index (χ0) is 12.5. The molecule has 0 bridgehead atoms. The standard InChI is InChI=1S/C10H16N2O4S/c1-7(13)5-9-11-10(16-12-9)8-3-2-4-17(14,15)6-8/h7-8,13H,2-6H2,1H3. The lowest BCUT2D eigenvalue weighted by molar-refractivity contribution is 0.191. The van der Waals surface area contributed by atoms with Gasteiger partial charge in [0.25, 0.3) is 0 Å². The van der Waals surface area contributed by atoms with Crippen LogP contribution in [0.25, 0.3) is 0 Å². The third kappa shape index (κ3) is 3.26. The molecule has 1 aliphatic heterocycles. The Labute approximate surface area is 99.9 Å². The highest BCUT2D eigenvalue weighted by atomic mass is 32.2. The van der Waals surface area contributed by atoms with Crippen LogP contribution in [0.3, 0.4) is 0 Å². The minimum absolute atomic E-state index is 0.0866. The number of sulfone groups is 1. The number of aromatic nitrogens is 2. The summed E-state index contributed by atoms with van der Waals surface area (Å²) in [6.45, 7) is 1.64. The predicted octanol–water partition coefficient (Wildman–Crippen LogP) is 0.285. The molecule has 17 heavy (non-hydrogen) atoms. The summed E-state index contributed by atoms with van der Waals surface area (Å²) in [4.78, 5) is 4.14. The van der Waals surface area contributed by atoms with E-state index in [2.05, 4.69) is 10.1 Å². The Balaban J connectivity index is 2.09. The van der Waals surface area contributed by atoms with E-state index in [9.17, 15) is 13.5 Å². The molecule has 0 spiro atoms. The van der Waals surface area contributed by atoms with E-state index in [-0.39, 0.29) is 17.4 Å². The maximum atomic E-state index is 11.5. The molecule has 6 nitrogen and oxygen atoms in total. The Morgan fingerprint density at radius 3 is 3.00 bits per heavy atom. The fourth-order valence-electron chi connectivity index (χ4n) is 2.00. The summed E-state index contributed by atoms with van der Waals surface area (Å²) in [5.74, 6) is 0.951. The molecule has 1 N–H and O–H groups in total. The smallest absolute Gasteiger partial charge is 0.230 e. The fourth-order valence-corrected chi connectivity index (χ4v) is 3.69. The third-order valence-corrected chi connectivity index (χ3v) is 4.59. The average Bonchev–Trinajstić information content (AvgIpc) is 2.63. The van der Waals surface area contributed by atoms with Crippen LogP contribution in [0.2, 0.25) is 0 Å². The van der Waals surface area contributed by atoms with Crippen LogP contribution < -0.4 is 0 Å². The van der Waals surface area contributed by atoms with Gasteiger partial charge in [0.1, 0.15) is 0 Å². The molecule has 0 aromatic carbocycles. The van der Waals surface area contributed by atoms with Gasteiger partial charge in [-0.15, -0.1) is 0 Å². The van der Waals surface area contributed by atoms with Crippen molar-refractivity contribution in [2.24, 2.45) is 0 Å². The molecule has 1 aromatic heterocycles. The molecular formula is C10H16N2O4S. The molecule has 2 unspecified atom stereocenters. The van der Waals surface area contributed by atoms with E-state index in [1.165, 1.54) is 0 Å². The Hall–Kier alpha value is -0.950. The number of hydrogen-bond acceptors (Lipinski definition) is 6. The van der Waals surface area contributed by atoms with Gasteiger partial charge >= 0.3 is 0 Å². The van der Waals surface area contributed by atoms with Crippen LogP contribution >= 0.6 is 0 Å². The molecule has 2 atom stereocenters. The van der Waals surface area contributed by atoms with Crippen molar-refractivity contribution in [2.75, 3.05) is 11.5 Å². The average molecular weight is 260 g/mol. The van der Waals surface area contributed by atoms with Crippen LogP contribution in [0.4, 0.5) is 0 Å². The summed E-state index contributed by atoms with van der Waals surface area (Å²) < 4.78 is 28.0. The van der Waals surface area contributed by atoms with Crippen molar-refractivity contribution >= 4 is 9.84 Å². The molecule has 0 aliphatic carbocycles. The summed E-state index contributed by atoms with van der Waals surface area (Å²) in [6.07, 6.45) is 1.19. The molecule has 1 fully saturated rings. The molecule has 96 valence electrons. The highest BCUT2D eigenvalue weighted by Gasteiger charge is 2.29. The summed E-state index contributed by atoms with van der Waals surface area (Å²) in [7, 11) is -2.97. The molecule has 2 rings (SSSR count). The molecule has 1 aromatic rings. The first-order chi connectivity index (χ1) is 7.96. The highest BCUT2D eigenvalue weighted by molar-refractivity contribution is 7.91. The van der Waals surface area contributed by atoms with Crippen molar-refractivity contribution in [2.45, 2.75) is 38.2 Å².